The van der Waals surface area contributed by atoms with Crippen LogP contribution in [0.3, 0.4) is 0 Å². The number of piperazine rings is 1. The number of ether oxygens (including phenoxy) is 2. The summed E-state index contributed by atoms with van der Waals surface area (Å²) in [5, 5.41) is 0. The molecule has 0 unspecified atom stereocenters. The van der Waals surface area contributed by atoms with E-state index in [-0.39, 0.29) is 18.4 Å². The number of nitrogens with zero attached hydrogens (tertiary/aromatic N) is 2. The molecule has 6 heteroatoms. The van der Waals surface area contributed by atoms with Gasteiger partial charge in [-0.05, 0) is 31.2 Å². The van der Waals surface area contributed by atoms with Gasteiger partial charge < -0.3 is 19.3 Å². The van der Waals surface area contributed by atoms with Gasteiger partial charge in [0.05, 0.1) is 6.61 Å². The number of hydrogen-bond acceptors (Lipinski definition) is 4. The molecule has 1 aromatic carbocycles. The van der Waals surface area contributed by atoms with Crippen LogP contribution in [0.15, 0.2) is 24.3 Å². The lowest BCUT2D eigenvalue weighted by Gasteiger charge is -2.34. The number of carbonyl (C=O) groups excluding carboxylic acids is 2. The van der Waals surface area contributed by atoms with Gasteiger partial charge in [-0.25, -0.2) is 0 Å². The molecule has 1 fully saturated rings. The van der Waals surface area contributed by atoms with Crippen molar-refractivity contribution in [3.8, 4) is 11.5 Å². The zero-order valence-electron chi connectivity index (χ0n) is 13.1. The van der Waals surface area contributed by atoms with Crippen molar-refractivity contribution < 1.29 is 19.1 Å². The zero-order valence-corrected chi connectivity index (χ0v) is 13.1. The first kappa shape index (κ1) is 16.1. The summed E-state index contributed by atoms with van der Waals surface area (Å²) in [6, 6.07) is 7.20. The van der Waals surface area contributed by atoms with Gasteiger partial charge in [-0.2, -0.15) is 0 Å². The molecule has 1 heterocycles. The quantitative estimate of drug-likeness (QED) is 0.819. The summed E-state index contributed by atoms with van der Waals surface area (Å²) in [5.41, 5.74) is 0. The molecule has 0 aromatic heterocycles. The molecule has 120 valence electrons. The Labute approximate surface area is 130 Å². The first-order chi connectivity index (χ1) is 10.6. The van der Waals surface area contributed by atoms with E-state index in [1.165, 1.54) is 0 Å². The highest BCUT2D eigenvalue weighted by molar-refractivity contribution is 5.78. The Hall–Kier alpha value is -2.24. The number of carbonyl (C=O) groups is 2. The molecule has 0 aliphatic carbocycles. The van der Waals surface area contributed by atoms with Crippen LogP contribution in [0.5, 0.6) is 11.5 Å². The number of hydrogen-bond donors (Lipinski definition) is 0. The van der Waals surface area contributed by atoms with Gasteiger partial charge in [0.2, 0.25) is 5.91 Å². The van der Waals surface area contributed by atoms with Crippen molar-refractivity contribution in [1.29, 1.82) is 0 Å². The third-order valence-electron chi connectivity index (χ3n) is 3.57. The lowest BCUT2D eigenvalue weighted by atomic mass is 10.3. The first-order valence-corrected chi connectivity index (χ1v) is 7.49. The van der Waals surface area contributed by atoms with Gasteiger partial charge in [0, 0.05) is 33.1 Å². The van der Waals surface area contributed by atoms with E-state index in [9.17, 15) is 9.59 Å². The van der Waals surface area contributed by atoms with Crippen LogP contribution in [0.2, 0.25) is 0 Å². The molecule has 1 aliphatic heterocycles. The SMILES string of the molecule is CCOc1ccc(OCC(=O)N2CCN(C(C)=O)CC2)cc1. The van der Waals surface area contributed by atoms with Gasteiger partial charge in [-0.1, -0.05) is 0 Å². The summed E-state index contributed by atoms with van der Waals surface area (Å²) in [6.45, 7) is 6.39. The van der Waals surface area contributed by atoms with E-state index in [0.29, 0.717) is 38.5 Å². The van der Waals surface area contributed by atoms with Crippen LogP contribution in [-0.4, -0.2) is 61.0 Å². The Morgan fingerprint density at radius 3 is 1.95 bits per heavy atom. The van der Waals surface area contributed by atoms with Crippen molar-refractivity contribution in [3.63, 3.8) is 0 Å². The molecule has 0 saturated carbocycles. The minimum atomic E-state index is -0.0583. The predicted octanol–water partition coefficient (Wildman–Crippen LogP) is 1.15. The van der Waals surface area contributed by atoms with E-state index in [1.807, 2.05) is 19.1 Å². The van der Waals surface area contributed by atoms with Crippen LogP contribution in [0.25, 0.3) is 0 Å². The summed E-state index contributed by atoms with van der Waals surface area (Å²) in [6.07, 6.45) is 0. The van der Waals surface area contributed by atoms with E-state index in [4.69, 9.17) is 9.47 Å². The minimum absolute atomic E-state index is 0.00799. The lowest BCUT2D eigenvalue weighted by molar-refractivity contribution is -0.139. The summed E-state index contributed by atoms with van der Waals surface area (Å²) in [5.74, 6) is 1.41. The predicted molar refractivity (Wildman–Crippen MR) is 81.9 cm³/mol. The van der Waals surface area contributed by atoms with Crippen LogP contribution in [0, 0.1) is 0 Å². The molecular formula is C16H22N2O4. The van der Waals surface area contributed by atoms with Crippen molar-refractivity contribution in [2.45, 2.75) is 13.8 Å². The Balaban J connectivity index is 1.77. The van der Waals surface area contributed by atoms with Gasteiger partial charge in [-0.15, -0.1) is 0 Å². The molecule has 2 amide bonds. The van der Waals surface area contributed by atoms with E-state index in [0.717, 1.165) is 5.75 Å². The molecule has 0 atom stereocenters. The largest absolute Gasteiger partial charge is 0.494 e. The second-order valence-electron chi connectivity index (χ2n) is 5.08. The summed E-state index contributed by atoms with van der Waals surface area (Å²) >= 11 is 0. The molecule has 6 nitrogen and oxygen atoms in total. The highest BCUT2D eigenvalue weighted by atomic mass is 16.5. The monoisotopic (exact) mass is 306 g/mol. The van der Waals surface area contributed by atoms with E-state index in [2.05, 4.69) is 0 Å². The van der Waals surface area contributed by atoms with E-state index in [1.54, 1.807) is 28.9 Å². The van der Waals surface area contributed by atoms with Crippen molar-refractivity contribution >= 4 is 11.8 Å². The Morgan fingerprint density at radius 1 is 0.955 bits per heavy atom. The second-order valence-corrected chi connectivity index (χ2v) is 5.08. The summed E-state index contributed by atoms with van der Waals surface area (Å²) < 4.78 is 10.8. The van der Waals surface area contributed by atoms with Crippen LogP contribution in [-0.2, 0) is 9.59 Å². The molecule has 0 N–H and O–H groups in total. The molecule has 0 radical (unpaired) electrons. The van der Waals surface area contributed by atoms with Crippen molar-refractivity contribution in [1.82, 2.24) is 9.80 Å². The minimum Gasteiger partial charge on any atom is -0.494 e. The highest BCUT2D eigenvalue weighted by Crippen LogP contribution is 2.17. The lowest BCUT2D eigenvalue weighted by Crippen LogP contribution is -2.51. The Kier molecular flexibility index (Phi) is 5.63. The topological polar surface area (TPSA) is 59.1 Å². The maximum atomic E-state index is 12.1. The highest BCUT2D eigenvalue weighted by Gasteiger charge is 2.22. The average Bonchev–Trinajstić information content (AvgIpc) is 2.54. The third kappa shape index (κ3) is 4.38. The molecule has 22 heavy (non-hydrogen) atoms. The molecule has 1 saturated heterocycles. The second kappa shape index (κ2) is 7.68. The first-order valence-electron chi connectivity index (χ1n) is 7.49. The van der Waals surface area contributed by atoms with E-state index < -0.39 is 0 Å². The van der Waals surface area contributed by atoms with Gasteiger partial charge in [0.1, 0.15) is 11.5 Å². The maximum absolute atomic E-state index is 12.1. The van der Waals surface area contributed by atoms with Crippen LogP contribution >= 0.6 is 0 Å². The van der Waals surface area contributed by atoms with Gasteiger partial charge in [0.25, 0.3) is 5.91 Å². The van der Waals surface area contributed by atoms with Crippen molar-refractivity contribution in [3.05, 3.63) is 24.3 Å². The molecule has 0 bridgehead atoms. The van der Waals surface area contributed by atoms with Crippen LogP contribution in [0.4, 0.5) is 0 Å². The Bertz CT molecular complexity index is 507. The van der Waals surface area contributed by atoms with Crippen molar-refractivity contribution in [2.24, 2.45) is 0 Å². The van der Waals surface area contributed by atoms with Gasteiger partial charge in [0.15, 0.2) is 6.61 Å². The number of benzene rings is 1. The molecular weight excluding hydrogens is 284 g/mol. The zero-order chi connectivity index (χ0) is 15.9. The van der Waals surface area contributed by atoms with Crippen molar-refractivity contribution in [2.75, 3.05) is 39.4 Å². The normalized spacial score (nSPS) is 14.6. The maximum Gasteiger partial charge on any atom is 0.260 e. The fraction of sp³-hybridized carbons (Fsp3) is 0.500. The Morgan fingerprint density at radius 2 is 1.45 bits per heavy atom. The standard InChI is InChI=1S/C16H22N2O4/c1-3-21-14-4-6-15(7-5-14)22-12-16(20)18-10-8-17(9-11-18)13(2)19/h4-7H,3,8-12H2,1-2H3. The molecule has 0 spiro atoms. The van der Waals surface area contributed by atoms with Crippen LogP contribution in [0.1, 0.15) is 13.8 Å². The third-order valence-corrected chi connectivity index (χ3v) is 3.57. The van der Waals surface area contributed by atoms with Crippen LogP contribution < -0.4 is 9.47 Å². The summed E-state index contributed by atoms with van der Waals surface area (Å²) in [7, 11) is 0. The molecule has 1 aromatic rings. The fourth-order valence-electron chi connectivity index (χ4n) is 2.31. The fourth-order valence-corrected chi connectivity index (χ4v) is 2.31. The molecule has 2 rings (SSSR count). The smallest absolute Gasteiger partial charge is 0.260 e. The number of amides is 2. The van der Waals surface area contributed by atoms with E-state index >= 15 is 0 Å². The van der Waals surface area contributed by atoms with Gasteiger partial charge >= 0.3 is 0 Å². The summed E-state index contributed by atoms with van der Waals surface area (Å²) in [4.78, 5) is 26.8. The number of rotatable bonds is 5. The van der Waals surface area contributed by atoms with Gasteiger partial charge in [-0.3, -0.25) is 9.59 Å². The average molecular weight is 306 g/mol. The molecule has 1 aliphatic rings.